The van der Waals surface area contributed by atoms with Crippen molar-refractivity contribution in [2.45, 2.75) is 13.3 Å². The van der Waals surface area contributed by atoms with E-state index >= 15 is 0 Å². The van der Waals surface area contributed by atoms with Crippen molar-refractivity contribution in [3.8, 4) is 0 Å². The number of hydrogen-bond acceptors (Lipinski definition) is 5. The fourth-order valence-corrected chi connectivity index (χ4v) is 3.26. The van der Waals surface area contributed by atoms with Crippen LogP contribution in [-0.2, 0) is 11.2 Å². The van der Waals surface area contributed by atoms with Crippen LogP contribution in [0.25, 0.3) is 6.08 Å². The van der Waals surface area contributed by atoms with Crippen LogP contribution in [0, 0.1) is 6.92 Å². The second kappa shape index (κ2) is 7.07. The molecule has 0 unspecified atom stereocenters. The first-order valence-electron chi connectivity index (χ1n) is 8.68. The second-order valence-corrected chi connectivity index (χ2v) is 6.34. The minimum absolute atomic E-state index is 0.786. The van der Waals surface area contributed by atoms with Crippen molar-refractivity contribution < 1.29 is 4.74 Å². The molecule has 4 rings (SSSR count). The van der Waals surface area contributed by atoms with Crippen LogP contribution in [0.4, 0.5) is 11.5 Å². The van der Waals surface area contributed by atoms with E-state index < -0.39 is 0 Å². The van der Waals surface area contributed by atoms with E-state index in [4.69, 9.17) is 4.74 Å². The Morgan fingerprint density at radius 2 is 1.96 bits per heavy atom. The van der Waals surface area contributed by atoms with Gasteiger partial charge in [0.25, 0.3) is 0 Å². The molecule has 25 heavy (non-hydrogen) atoms. The van der Waals surface area contributed by atoms with Crippen molar-refractivity contribution in [3.05, 3.63) is 65.3 Å². The van der Waals surface area contributed by atoms with E-state index in [1.165, 1.54) is 16.8 Å². The van der Waals surface area contributed by atoms with Crippen molar-refractivity contribution >= 4 is 17.6 Å². The summed E-state index contributed by atoms with van der Waals surface area (Å²) in [5, 5.41) is 3.39. The molecule has 2 aliphatic rings. The van der Waals surface area contributed by atoms with Crippen LogP contribution >= 0.6 is 0 Å². The average molecular weight is 334 g/mol. The van der Waals surface area contributed by atoms with Gasteiger partial charge in [-0.1, -0.05) is 6.08 Å². The Labute approximate surface area is 148 Å². The number of fused-ring (bicyclic) bond motifs is 1. The van der Waals surface area contributed by atoms with Gasteiger partial charge in [0, 0.05) is 42.4 Å². The molecule has 0 saturated carbocycles. The highest BCUT2D eigenvalue weighted by Gasteiger charge is 2.17. The zero-order chi connectivity index (χ0) is 17.1. The number of pyridine rings is 2. The van der Waals surface area contributed by atoms with E-state index in [0.29, 0.717) is 0 Å². The molecular formula is C20H22N4O. The molecule has 1 N–H and O–H groups in total. The van der Waals surface area contributed by atoms with Crippen molar-refractivity contribution in [1.82, 2.24) is 9.97 Å². The molecule has 1 fully saturated rings. The highest BCUT2D eigenvalue weighted by Crippen LogP contribution is 2.28. The van der Waals surface area contributed by atoms with Crippen LogP contribution in [0.5, 0.6) is 0 Å². The summed E-state index contributed by atoms with van der Waals surface area (Å²) in [4.78, 5) is 11.4. The maximum absolute atomic E-state index is 5.48. The third-order valence-electron chi connectivity index (χ3n) is 4.52. The van der Waals surface area contributed by atoms with Gasteiger partial charge in [0.15, 0.2) is 0 Å². The van der Waals surface area contributed by atoms with E-state index in [-0.39, 0.29) is 0 Å². The van der Waals surface area contributed by atoms with Crippen LogP contribution in [0.15, 0.2) is 48.4 Å². The predicted molar refractivity (Wildman–Crippen MR) is 101 cm³/mol. The molecule has 2 aromatic heterocycles. The Balaban J connectivity index is 1.64. The molecule has 0 amide bonds. The molecule has 5 heteroatoms. The predicted octanol–water partition coefficient (Wildman–Crippen LogP) is 3.19. The summed E-state index contributed by atoms with van der Waals surface area (Å²) < 4.78 is 5.48. The normalized spacial score (nSPS) is 16.8. The molecular weight excluding hydrogens is 312 g/mol. The van der Waals surface area contributed by atoms with Gasteiger partial charge in [0.05, 0.1) is 18.9 Å². The van der Waals surface area contributed by atoms with Gasteiger partial charge in [-0.2, -0.15) is 0 Å². The van der Waals surface area contributed by atoms with Crippen LogP contribution in [0.1, 0.15) is 16.8 Å². The molecule has 0 atom stereocenters. The molecule has 0 aromatic carbocycles. The summed E-state index contributed by atoms with van der Waals surface area (Å²) in [7, 11) is 0. The van der Waals surface area contributed by atoms with Gasteiger partial charge in [-0.3, -0.25) is 4.98 Å². The van der Waals surface area contributed by atoms with Gasteiger partial charge in [-0.05, 0) is 49.3 Å². The Morgan fingerprint density at radius 1 is 1.12 bits per heavy atom. The van der Waals surface area contributed by atoms with E-state index in [9.17, 15) is 0 Å². The lowest BCUT2D eigenvalue weighted by molar-refractivity contribution is 0.122. The highest BCUT2D eigenvalue weighted by molar-refractivity contribution is 5.69. The van der Waals surface area contributed by atoms with E-state index in [2.05, 4.69) is 51.4 Å². The summed E-state index contributed by atoms with van der Waals surface area (Å²) >= 11 is 0. The Kier molecular flexibility index (Phi) is 4.48. The standard InChI is InChI=1S/C20H22N4O/c1-15-5-7-22-20(13-15)23-16-3-2-4-17-18(14-16)21-8-6-19(17)24-9-11-25-12-10-24/h2-3,5-8,13-14H,4,9-12H2,1H3,(H,22,23). The first kappa shape index (κ1) is 15.8. The maximum atomic E-state index is 5.48. The smallest absolute Gasteiger partial charge is 0.130 e. The van der Waals surface area contributed by atoms with E-state index in [1.807, 2.05) is 24.5 Å². The van der Waals surface area contributed by atoms with Crippen LogP contribution in [-0.4, -0.2) is 36.3 Å². The number of nitrogens with zero attached hydrogens (tertiary/aromatic N) is 3. The number of ether oxygens (including phenoxy) is 1. The zero-order valence-corrected chi connectivity index (χ0v) is 14.4. The maximum Gasteiger partial charge on any atom is 0.130 e. The lowest BCUT2D eigenvalue weighted by Crippen LogP contribution is -2.36. The van der Waals surface area contributed by atoms with Gasteiger partial charge < -0.3 is 15.0 Å². The molecule has 128 valence electrons. The summed E-state index contributed by atoms with van der Waals surface area (Å²) in [6.07, 6.45) is 11.0. The minimum atomic E-state index is 0.786. The number of anilines is 2. The molecule has 2 aromatic rings. The van der Waals surface area contributed by atoms with Gasteiger partial charge in [0.1, 0.15) is 5.82 Å². The molecule has 3 heterocycles. The van der Waals surface area contributed by atoms with Gasteiger partial charge >= 0.3 is 0 Å². The second-order valence-electron chi connectivity index (χ2n) is 6.34. The van der Waals surface area contributed by atoms with Crippen molar-refractivity contribution in [2.24, 2.45) is 0 Å². The summed E-state index contributed by atoms with van der Waals surface area (Å²) in [5.74, 6) is 0.851. The van der Waals surface area contributed by atoms with Crippen LogP contribution < -0.4 is 10.2 Å². The number of aromatic nitrogens is 2. The third-order valence-corrected chi connectivity index (χ3v) is 4.52. The van der Waals surface area contributed by atoms with Gasteiger partial charge in [-0.15, -0.1) is 0 Å². The van der Waals surface area contributed by atoms with Crippen LogP contribution in [0.2, 0.25) is 0 Å². The topological polar surface area (TPSA) is 50.3 Å². The van der Waals surface area contributed by atoms with E-state index in [1.54, 1.807) is 0 Å². The lowest BCUT2D eigenvalue weighted by atomic mass is 10.1. The molecule has 1 saturated heterocycles. The van der Waals surface area contributed by atoms with Crippen molar-refractivity contribution in [2.75, 3.05) is 36.5 Å². The fourth-order valence-electron chi connectivity index (χ4n) is 3.26. The monoisotopic (exact) mass is 334 g/mol. The SMILES string of the molecule is Cc1ccnc(NC2=Cc3nccc(N4CCOCC4)c3CC=C2)c1. The Morgan fingerprint density at radius 3 is 2.80 bits per heavy atom. The van der Waals surface area contributed by atoms with Crippen LogP contribution in [0.3, 0.4) is 0 Å². The number of nitrogens with one attached hydrogen (secondary N) is 1. The van der Waals surface area contributed by atoms with E-state index in [0.717, 1.165) is 49.9 Å². The molecule has 1 aliphatic carbocycles. The summed E-state index contributed by atoms with van der Waals surface area (Å²) in [6, 6.07) is 6.15. The molecule has 0 bridgehead atoms. The largest absolute Gasteiger partial charge is 0.378 e. The number of allylic oxidation sites excluding steroid dienone is 2. The van der Waals surface area contributed by atoms with Gasteiger partial charge in [0.2, 0.25) is 0 Å². The number of rotatable bonds is 3. The minimum Gasteiger partial charge on any atom is -0.378 e. The average Bonchev–Trinajstić information content (AvgIpc) is 2.84. The van der Waals surface area contributed by atoms with Crippen molar-refractivity contribution in [1.29, 1.82) is 0 Å². The first-order chi connectivity index (χ1) is 12.3. The fraction of sp³-hybridized carbons (Fsp3) is 0.300. The third kappa shape index (κ3) is 3.56. The quantitative estimate of drug-likeness (QED) is 0.934. The summed E-state index contributed by atoms with van der Waals surface area (Å²) in [6.45, 7) is 5.50. The molecule has 5 nitrogen and oxygen atoms in total. The molecule has 1 aliphatic heterocycles. The van der Waals surface area contributed by atoms with Gasteiger partial charge in [-0.25, -0.2) is 4.98 Å². The molecule has 0 radical (unpaired) electrons. The van der Waals surface area contributed by atoms with Crippen molar-refractivity contribution in [3.63, 3.8) is 0 Å². The Hall–Kier alpha value is -2.66. The molecule has 0 spiro atoms. The Bertz CT molecular complexity index is 822. The summed E-state index contributed by atoms with van der Waals surface area (Å²) in [5.41, 5.74) is 5.75. The lowest BCUT2D eigenvalue weighted by Gasteiger charge is -2.30. The zero-order valence-electron chi connectivity index (χ0n) is 14.4. The number of hydrogen-bond donors (Lipinski definition) is 1. The highest BCUT2D eigenvalue weighted by atomic mass is 16.5. The number of morpholine rings is 1. The first-order valence-corrected chi connectivity index (χ1v) is 8.68. The number of aryl methyl sites for hydroxylation is 1.